The smallest absolute Gasteiger partial charge is 0.255 e. The summed E-state index contributed by atoms with van der Waals surface area (Å²) in [6.45, 7) is 5.96. The molecule has 1 amide bonds. The summed E-state index contributed by atoms with van der Waals surface area (Å²) in [5.41, 5.74) is 0.751. The first-order valence-corrected chi connectivity index (χ1v) is 9.15. The maximum absolute atomic E-state index is 12.8. The molecule has 1 aromatic rings. The zero-order valence-corrected chi connectivity index (χ0v) is 15.5. The fourth-order valence-electron chi connectivity index (χ4n) is 2.75. The highest BCUT2D eigenvalue weighted by Gasteiger charge is 2.22. The molecule has 0 bridgehead atoms. The Balaban J connectivity index is 2.10. The minimum Gasteiger partial charge on any atom is -0.338 e. The quantitative estimate of drug-likeness (QED) is 0.783. The molecule has 1 saturated heterocycles. The Morgan fingerprint density at radius 3 is 2.67 bits per heavy atom. The molecule has 1 fully saturated rings. The number of carbonyl (C=O) groups is 1. The molecule has 116 valence electrons. The standard InChI is InChI=1S/C16H22Br2N2O/c1-2-9-20(11-12-5-7-19-8-6-12)16(21)14-4-3-13(17)10-15(14)18/h3-4,10,12,19H,2,5-9,11H2,1H3. The molecule has 1 aliphatic rings. The minimum absolute atomic E-state index is 0.134. The summed E-state index contributed by atoms with van der Waals surface area (Å²) < 4.78 is 1.83. The van der Waals surface area contributed by atoms with Crippen LogP contribution in [0, 0.1) is 5.92 Å². The molecule has 0 radical (unpaired) electrons. The van der Waals surface area contributed by atoms with Crippen molar-refractivity contribution in [3.8, 4) is 0 Å². The second kappa shape index (κ2) is 8.30. The van der Waals surface area contributed by atoms with Gasteiger partial charge in [0.15, 0.2) is 0 Å². The van der Waals surface area contributed by atoms with E-state index in [4.69, 9.17) is 0 Å². The SMILES string of the molecule is CCCN(CC1CCNCC1)C(=O)c1ccc(Br)cc1Br. The van der Waals surface area contributed by atoms with Crippen LogP contribution in [0.4, 0.5) is 0 Å². The van der Waals surface area contributed by atoms with Crippen LogP contribution in [0.3, 0.4) is 0 Å². The van der Waals surface area contributed by atoms with E-state index >= 15 is 0 Å². The van der Waals surface area contributed by atoms with Crippen molar-refractivity contribution in [2.45, 2.75) is 26.2 Å². The highest BCUT2D eigenvalue weighted by atomic mass is 79.9. The lowest BCUT2D eigenvalue weighted by Crippen LogP contribution is -2.39. The van der Waals surface area contributed by atoms with Gasteiger partial charge in [0.1, 0.15) is 0 Å². The van der Waals surface area contributed by atoms with Crippen molar-refractivity contribution in [2.75, 3.05) is 26.2 Å². The molecule has 1 heterocycles. The van der Waals surface area contributed by atoms with E-state index in [1.165, 1.54) is 0 Å². The van der Waals surface area contributed by atoms with Crippen LogP contribution in [0.2, 0.25) is 0 Å². The number of nitrogens with zero attached hydrogens (tertiary/aromatic N) is 1. The van der Waals surface area contributed by atoms with Gasteiger partial charge in [0.2, 0.25) is 0 Å². The number of amides is 1. The summed E-state index contributed by atoms with van der Waals surface area (Å²) in [4.78, 5) is 14.8. The van der Waals surface area contributed by atoms with Gasteiger partial charge >= 0.3 is 0 Å². The number of halogens is 2. The van der Waals surface area contributed by atoms with E-state index in [9.17, 15) is 4.79 Å². The number of nitrogens with one attached hydrogen (secondary N) is 1. The Labute approximate surface area is 143 Å². The molecule has 3 nitrogen and oxygen atoms in total. The average molecular weight is 418 g/mol. The topological polar surface area (TPSA) is 32.3 Å². The molecule has 0 saturated carbocycles. The number of benzene rings is 1. The van der Waals surface area contributed by atoms with Crippen molar-refractivity contribution in [1.82, 2.24) is 10.2 Å². The van der Waals surface area contributed by atoms with Crippen molar-refractivity contribution >= 4 is 37.8 Å². The summed E-state index contributed by atoms with van der Waals surface area (Å²) in [7, 11) is 0. The van der Waals surface area contributed by atoms with Gasteiger partial charge in [0, 0.05) is 22.0 Å². The molecule has 0 spiro atoms. The van der Waals surface area contributed by atoms with Gasteiger partial charge in [-0.1, -0.05) is 22.9 Å². The molecule has 1 aliphatic heterocycles. The van der Waals surface area contributed by atoms with Crippen LogP contribution in [0.25, 0.3) is 0 Å². The average Bonchev–Trinajstić information content (AvgIpc) is 2.47. The second-order valence-corrected chi connectivity index (χ2v) is 7.34. The molecule has 0 aromatic heterocycles. The summed E-state index contributed by atoms with van der Waals surface area (Å²) in [5, 5.41) is 3.38. The van der Waals surface area contributed by atoms with E-state index in [-0.39, 0.29) is 5.91 Å². The summed E-state index contributed by atoms with van der Waals surface area (Å²) >= 11 is 6.94. The second-order valence-electron chi connectivity index (χ2n) is 5.57. The monoisotopic (exact) mass is 416 g/mol. The van der Waals surface area contributed by atoms with Crippen LogP contribution >= 0.6 is 31.9 Å². The van der Waals surface area contributed by atoms with Crippen LogP contribution in [0.1, 0.15) is 36.5 Å². The van der Waals surface area contributed by atoms with Crippen LogP contribution in [-0.2, 0) is 0 Å². The van der Waals surface area contributed by atoms with Crippen LogP contribution in [-0.4, -0.2) is 37.0 Å². The fourth-order valence-corrected chi connectivity index (χ4v) is 3.97. The Morgan fingerprint density at radius 1 is 1.33 bits per heavy atom. The highest BCUT2D eigenvalue weighted by molar-refractivity contribution is 9.11. The molecule has 1 N–H and O–H groups in total. The van der Waals surface area contributed by atoms with Gasteiger partial charge in [-0.15, -0.1) is 0 Å². The number of hydrogen-bond donors (Lipinski definition) is 1. The molecule has 5 heteroatoms. The number of carbonyl (C=O) groups excluding carboxylic acids is 1. The molecule has 0 aliphatic carbocycles. The lowest BCUT2D eigenvalue weighted by molar-refractivity contribution is 0.0715. The fraction of sp³-hybridized carbons (Fsp3) is 0.562. The Bertz CT molecular complexity index is 487. The summed E-state index contributed by atoms with van der Waals surface area (Å²) in [5.74, 6) is 0.755. The van der Waals surface area contributed by atoms with Gasteiger partial charge in [-0.05, 0) is 72.4 Å². The first-order chi connectivity index (χ1) is 10.1. The molecular formula is C16H22Br2N2O. The summed E-state index contributed by atoms with van der Waals surface area (Å²) in [6, 6.07) is 5.75. The largest absolute Gasteiger partial charge is 0.338 e. The lowest BCUT2D eigenvalue weighted by Gasteiger charge is -2.30. The molecule has 0 unspecified atom stereocenters. The van der Waals surface area contributed by atoms with E-state index < -0.39 is 0 Å². The predicted molar refractivity (Wildman–Crippen MR) is 93.6 cm³/mol. The number of piperidine rings is 1. The van der Waals surface area contributed by atoms with Crippen molar-refractivity contribution in [3.05, 3.63) is 32.7 Å². The van der Waals surface area contributed by atoms with E-state index in [1.54, 1.807) is 0 Å². The molecule has 1 aromatic carbocycles. The van der Waals surface area contributed by atoms with E-state index in [2.05, 4.69) is 44.1 Å². The van der Waals surface area contributed by atoms with Gasteiger partial charge < -0.3 is 10.2 Å². The predicted octanol–water partition coefficient (Wildman–Crippen LogP) is 4.06. The lowest BCUT2D eigenvalue weighted by atomic mass is 9.97. The van der Waals surface area contributed by atoms with Gasteiger partial charge in [0.25, 0.3) is 5.91 Å². The third-order valence-electron chi connectivity index (χ3n) is 3.88. The first kappa shape index (κ1) is 17.0. The Kier molecular flexibility index (Phi) is 6.71. The Hall–Kier alpha value is -0.390. The minimum atomic E-state index is 0.134. The first-order valence-electron chi connectivity index (χ1n) is 7.57. The van der Waals surface area contributed by atoms with E-state index in [0.717, 1.165) is 60.0 Å². The normalized spacial score (nSPS) is 16.0. The van der Waals surface area contributed by atoms with Crippen LogP contribution in [0.15, 0.2) is 27.1 Å². The van der Waals surface area contributed by atoms with Gasteiger partial charge in [-0.2, -0.15) is 0 Å². The summed E-state index contributed by atoms with van der Waals surface area (Å²) in [6.07, 6.45) is 3.31. The molecule has 2 rings (SSSR count). The van der Waals surface area contributed by atoms with Crippen molar-refractivity contribution in [1.29, 1.82) is 0 Å². The maximum atomic E-state index is 12.8. The third kappa shape index (κ3) is 4.80. The Morgan fingerprint density at radius 2 is 2.05 bits per heavy atom. The van der Waals surface area contributed by atoms with Crippen LogP contribution in [0.5, 0.6) is 0 Å². The highest BCUT2D eigenvalue weighted by Crippen LogP contribution is 2.24. The molecular weight excluding hydrogens is 396 g/mol. The van der Waals surface area contributed by atoms with Gasteiger partial charge in [0.05, 0.1) is 5.56 Å². The van der Waals surface area contributed by atoms with E-state index in [0.29, 0.717) is 5.92 Å². The van der Waals surface area contributed by atoms with Gasteiger partial charge in [-0.25, -0.2) is 0 Å². The van der Waals surface area contributed by atoms with Crippen LogP contribution < -0.4 is 5.32 Å². The third-order valence-corrected chi connectivity index (χ3v) is 5.03. The van der Waals surface area contributed by atoms with Crippen molar-refractivity contribution in [2.24, 2.45) is 5.92 Å². The van der Waals surface area contributed by atoms with Gasteiger partial charge in [-0.3, -0.25) is 4.79 Å². The maximum Gasteiger partial charge on any atom is 0.255 e. The molecule has 21 heavy (non-hydrogen) atoms. The van der Waals surface area contributed by atoms with Crippen molar-refractivity contribution in [3.63, 3.8) is 0 Å². The number of hydrogen-bond acceptors (Lipinski definition) is 2. The van der Waals surface area contributed by atoms with E-state index in [1.807, 2.05) is 23.1 Å². The van der Waals surface area contributed by atoms with Crippen molar-refractivity contribution < 1.29 is 4.79 Å². The molecule has 0 atom stereocenters. The zero-order valence-electron chi connectivity index (χ0n) is 12.4. The zero-order chi connectivity index (χ0) is 15.2. The number of rotatable bonds is 5.